The molecule has 1 amide bonds. The van der Waals surface area contributed by atoms with Crippen LogP contribution in [0.4, 0.5) is 0 Å². The Morgan fingerprint density at radius 2 is 2.00 bits per heavy atom. The van der Waals surface area contributed by atoms with E-state index in [2.05, 4.69) is 12.2 Å². The van der Waals surface area contributed by atoms with Crippen LogP contribution in [0.25, 0.3) is 0 Å². The topological polar surface area (TPSA) is 32.3 Å². The smallest absolute Gasteiger partial charge is 0.219 e. The molecule has 0 spiro atoms. The van der Waals surface area contributed by atoms with Crippen LogP contribution < -0.4 is 5.32 Å². The van der Waals surface area contributed by atoms with Gasteiger partial charge in [0, 0.05) is 32.1 Å². The molecule has 2 fully saturated rings. The summed E-state index contributed by atoms with van der Waals surface area (Å²) in [6, 6.07) is 1.22. The molecule has 3 nitrogen and oxygen atoms in total. The Morgan fingerprint density at radius 1 is 1.25 bits per heavy atom. The highest BCUT2D eigenvalue weighted by Gasteiger charge is 2.28. The number of hydrogen-bond donors (Lipinski definition) is 1. The zero-order valence-corrected chi connectivity index (χ0v) is 10.5. The van der Waals surface area contributed by atoms with E-state index in [4.69, 9.17) is 0 Å². The van der Waals surface area contributed by atoms with E-state index in [0.717, 1.165) is 25.4 Å². The van der Waals surface area contributed by atoms with Crippen molar-refractivity contribution in [3.05, 3.63) is 0 Å². The first-order chi connectivity index (χ1) is 7.66. The maximum Gasteiger partial charge on any atom is 0.219 e. The third-order valence-electron chi connectivity index (χ3n) is 4.19. The van der Waals surface area contributed by atoms with Crippen LogP contribution in [0.5, 0.6) is 0 Å². The van der Waals surface area contributed by atoms with E-state index >= 15 is 0 Å². The van der Waals surface area contributed by atoms with Crippen LogP contribution in [0.1, 0.15) is 46.0 Å². The molecule has 92 valence electrons. The van der Waals surface area contributed by atoms with Crippen molar-refractivity contribution in [1.82, 2.24) is 10.2 Å². The van der Waals surface area contributed by atoms with Crippen molar-refractivity contribution in [2.45, 2.75) is 58.0 Å². The highest BCUT2D eigenvalue weighted by atomic mass is 16.2. The number of hydrogen-bond acceptors (Lipinski definition) is 2. The second kappa shape index (κ2) is 5.17. The Morgan fingerprint density at radius 3 is 2.62 bits per heavy atom. The standard InChI is InChI=1S/C13H24N2O/c1-10-5-3-4-6-13(10)14-12-7-8-15(9-12)11(2)16/h10,12-14H,3-9H2,1-2H3. The first-order valence-electron chi connectivity index (χ1n) is 6.68. The number of rotatable bonds is 2. The SMILES string of the molecule is CC(=O)N1CCC(NC2CCCCC2C)C1. The van der Waals surface area contributed by atoms with Crippen LogP contribution in [-0.2, 0) is 4.79 Å². The van der Waals surface area contributed by atoms with Gasteiger partial charge in [-0.2, -0.15) is 0 Å². The number of likely N-dealkylation sites (tertiary alicyclic amines) is 1. The summed E-state index contributed by atoms with van der Waals surface area (Å²) >= 11 is 0. The Bertz CT molecular complexity index is 254. The highest BCUT2D eigenvalue weighted by molar-refractivity contribution is 5.73. The molecule has 0 aromatic rings. The predicted molar refractivity (Wildman–Crippen MR) is 65.2 cm³/mol. The van der Waals surface area contributed by atoms with Crippen molar-refractivity contribution in [2.75, 3.05) is 13.1 Å². The normalized spacial score (nSPS) is 35.4. The second-order valence-electron chi connectivity index (χ2n) is 5.49. The fraction of sp³-hybridized carbons (Fsp3) is 0.923. The summed E-state index contributed by atoms with van der Waals surface area (Å²) in [6.45, 7) is 5.88. The van der Waals surface area contributed by atoms with Gasteiger partial charge in [-0.1, -0.05) is 19.8 Å². The molecule has 1 saturated heterocycles. The molecule has 3 atom stereocenters. The second-order valence-corrected chi connectivity index (χ2v) is 5.49. The summed E-state index contributed by atoms with van der Waals surface area (Å²) in [5.41, 5.74) is 0. The van der Waals surface area contributed by atoms with Gasteiger partial charge in [-0.05, 0) is 25.2 Å². The molecule has 1 aliphatic heterocycles. The van der Waals surface area contributed by atoms with Gasteiger partial charge in [0.1, 0.15) is 0 Å². The monoisotopic (exact) mass is 224 g/mol. The summed E-state index contributed by atoms with van der Waals surface area (Å²) in [4.78, 5) is 13.2. The average Bonchev–Trinajstić information content (AvgIpc) is 2.70. The van der Waals surface area contributed by atoms with E-state index in [9.17, 15) is 4.79 Å². The predicted octanol–water partition coefficient (Wildman–Crippen LogP) is 1.78. The van der Waals surface area contributed by atoms with Gasteiger partial charge < -0.3 is 10.2 Å². The summed E-state index contributed by atoms with van der Waals surface area (Å²) in [5.74, 6) is 1.03. The first kappa shape index (κ1) is 11.9. The van der Waals surface area contributed by atoms with Crippen LogP contribution in [0.2, 0.25) is 0 Å². The Labute approximate surface area is 98.6 Å². The lowest BCUT2D eigenvalue weighted by atomic mass is 9.85. The number of nitrogens with one attached hydrogen (secondary N) is 1. The van der Waals surface area contributed by atoms with Crippen LogP contribution >= 0.6 is 0 Å². The van der Waals surface area contributed by atoms with Crippen molar-refractivity contribution in [1.29, 1.82) is 0 Å². The van der Waals surface area contributed by atoms with E-state index in [1.54, 1.807) is 6.92 Å². The van der Waals surface area contributed by atoms with Crippen LogP contribution in [0, 0.1) is 5.92 Å². The fourth-order valence-corrected chi connectivity index (χ4v) is 3.05. The van der Waals surface area contributed by atoms with Gasteiger partial charge >= 0.3 is 0 Å². The van der Waals surface area contributed by atoms with Gasteiger partial charge in [-0.25, -0.2) is 0 Å². The molecule has 0 aromatic carbocycles. The molecule has 1 aliphatic carbocycles. The summed E-state index contributed by atoms with van der Waals surface area (Å²) < 4.78 is 0. The lowest BCUT2D eigenvalue weighted by Crippen LogP contribution is -2.45. The molecule has 3 heteroatoms. The Hall–Kier alpha value is -0.570. The fourth-order valence-electron chi connectivity index (χ4n) is 3.05. The lowest BCUT2D eigenvalue weighted by molar-refractivity contribution is -0.127. The van der Waals surface area contributed by atoms with Gasteiger partial charge in [0.05, 0.1) is 0 Å². The molecule has 0 aromatic heterocycles. The average molecular weight is 224 g/mol. The lowest BCUT2D eigenvalue weighted by Gasteiger charge is -2.32. The van der Waals surface area contributed by atoms with Gasteiger partial charge in [-0.3, -0.25) is 4.79 Å². The van der Waals surface area contributed by atoms with E-state index < -0.39 is 0 Å². The molecule has 2 aliphatic rings. The molecule has 1 N–H and O–H groups in total. The zero-order chi connectivity index (χ0) is 11.5. The van der Waals surface area contributed by atoms with Crippen LogP contribution in [-0.4, -0.2) is 36.0 Å². The van der Waals surface area contributed by atoms with Crippen LogP contribution in [0.3, 0.4) is 0 Å². The molecule has 16 heavy (non-hydrogen) atoms. The Kier molecular flexibility index (Phi) is 3.85. The minimum Gasteiger partial charge on any atom is -0.341 e. The zero-order valence-electron chi connectivity index (χ0n) is 10.5. The summed E-state index contributed by atoms with van der Waals surface area (Å²) in [6.07, 6.45) is 6.57. The third-order valence-corrected chi connectivity index (χ3v) is 4.19. The largest absolute Gasteiger partial charge is 0.341 e. The van der Waals surface area contributed by atoms with Gasteiger partial charge in [0.15, 0.2) is 0 Å². The minimum absolute atomic E-state index is 0.223. The Balaban J connectivity index is 1.79. The minimum atomic E-state index is 0.223. The molecule has 1 heterocycles. The summed E-state index contributed by atoms with van der Waals surface area (Å²) in [7, 11) is 0. The van der Waals surface area contributed by atoms with Crippen molar-refractivity contribution in [3.63, 3.8) is 0 Å². The maximum atomic E-state index is 11.2. The third kappa shape index (κ3) is 2.76. The van der Waals surface area contributed by atoms with Gasteiger partial charge in [0.25, 0.3) is 0 Å². The first-order valence-corrected chi connectivity index (χ1v) is 6.68. The number of carbonyl (C=O) groups is 1. The highest BCUT2D eigenvalue weighted by Crippen LogP contribution is 2.25. The summed E-state index contributed by atoms with van der Waals surface area (Å²) in [5, 5.41) is 3.76. The van der Waals surface area contributed by atoms with Crippen molar-refractivity contribution in [2.24, 2.45) is 5.92 Å². The van der Waals surface area contributed by atoms with Crippen molar-refractivity contribution in [3.8, 4) is 0 Å². The van der Waals surface area contributed by atoms with Crippen molar-refractivity contribution < 1.29 is 4.79 Å². The van der Waals surface area contributed by atoms with Crippen molar-refractivity contribution >= 4 is 5.91 Å². The number of nitrogens with zero attached hydrogens (tertiary/aromatic N) is 1. The van der Waals surface area contributed by atoms with E-state index in [-0.39, 0.29) is 5.91 Å². The molecular formula is C13H24N2O. The van der Waals surface area contributed by atoms with Gasteiger partial charge in [0.2, 0.25) is 5.91 Å². The van der Waals surface area contributed by atoms with Crippen LogP contribution in [0.15, 0.2) is 0 Å². The maximum absolute atomic E-state index is 11.2. The van der Waals surface area contributed by atoms with Gasteiger partial charge in [-0.15, -0.1) is 0 Å². The quantitative estimate of drug-likeness (QED) is 0.775. The molecule has 2 rings (SSSR count). The molecule has 1 saturated carbocycles. The molecule has 0 radical (unpaired) electrons. The molecular weight excluding hydrogens is 200 g/mol. The van der Waals surface area contributed by atoms with E-state index in [1.165, 1.54) is 25.7 Å². The van der Waals surface area contributed by atoms with E-state index in [0.29, 0.717) is 12.1 Å². The number of carbonyl (C=O) groups excluding carboxylic acids is 1. The number of amides is 1. The molecule has 3 unspecified atom stereocenters. The van der Waals surface area contributed by atoms with E-state index in [1.807, 2.05) is 4.90 Å². The molecule has 0 bridgehead atoms.